The van der Waals surface area contributed by atoms with E-state index >= 15 is 0 Å². The first-order valence-electron chi connectivity index (χ1n) is 6.25. The van der Waals surface area contributed by atoms with E-state index in [4.69, 9.17) is 0 Å². The second-order valence-corrected chi connectivity index (χ2v) is 8.29. The van der Waals surface area contributed by atoms with Crippen LogP contribution in [0.1, 0.15) is 32.9 Å². The molecule has 20 heavy (non-hydrogen) atoms. The molecule has 8 heteroatoms. The Morgan fingerprint density at radius 2 is 2.15 bits per heavy atom. The second-order valence-electron chi connectivity index (χ2n) is 6.05. The van der Waals surface area contributed by atoms with E-state index in [2.05, 4.69) is 4.98 Å². The number of anilines is 1. The van der Waals surface area contributed by atoms with Gasteiger partial charge in [-0.1, -0.05) is 20.8 Å². The van der Waals surface area contributed by atoms with Gasteiger partial charge in [0.25, 0.3) is 0 Å². The highest BCUT2D eigenvalue weighted by Crippen LogP contribution is 2.32. The fraction of sp³-hybridized carbons (Fsp3) is 0.667. The number of amides is 1. The summed E-state index contributed by atoms with van der Waals surface area (Å²) in [4.78, 5) is 17.8. The summed E-state index contributed by atoms with van der Waals surface area (Å²) in [5, 5.41) is 2.45. The SMILES string of the molecule is CC(C)(C)c1csc(N2CC(CS(=O)(=O)F)CC2=O)n1. The number of aromatic nitrogens is 1. The number of thiazole rings is 1. The molecule has 1 saturated heterocycles. The lowest BCUT2D eigenvalue weighted by Crippen LogP contribution is -2.25. The molecule has 1 aromatic heterocycles. The number of carbonyl (C=O) groups excluding carboxylic acids is 1. The number of carbonyl (C=O) groups is 1. The lowest BCUT2D eigenvalue weighted by atomic mass is 9.93. The standard InChI is InChI=1S/C12H17FN2O3S2/c1-12(2,3)9-6-19-11(14-9)15-5-8(4-10(15)16)7-20(13,17)18/h6,8H,4-5,7H2,1-3H3. The predicted molar refractivity (Wildman–Crippen MR) is 76.2 cm³/mol. The summed E-state index contributed by atoms with van der Waals surface area (Å²) in [6, 6.07) is 0. The minimum absolute atomic E-state index is 0.0492. The van der Waals surface area contributed by atoms with Crippen LogP contribution in [0.25, 0.3) is 0 Å². The van der Waals surface area contributed by atoms with Gasteiger partial charge in [-0.25, -0.2) is 4.98 Å². The average molecular weight is 320 g/mol. The van der Waals surface area contributed by atoms with Crippen LogP contribution in [0.15, 0.2) is 5.38 Å². The van der Waals surface area contributed by atoms with Gasteiger partial charge in [0.1, 0.15) is 0 Å². The van der Waals surface area contributed by atoms with Crippen LogP contribution in [0.4, 0.5) is 9.02 Å². The number of nitrogens with zero attached hydrogens (tertiary/aromatic N) is 2. The summed E-state index contributed by atoms with van der Waals surface area (Å²) >= 11 is 1.35. The maximum atomic E-state index is 12.7. The van der Waals surface area contributed by atoms with Crippen molar-refractivity contribution in [2.75, 3.05) is 17.2 Å². The molecule has 112 valence electrons. The van der Waals surface area contributed by atoms with Crippen LogP contribution in [0.3, 0.4) is 0 Å². The van der Waals surface area contributed by atoms with Gasteiger partial charge >= 0.3 is 10.2 Å². The highest BCUT2D eigenvalue weighted by atomic mass is 32.3. The largest absolute Gasteiger partial charge is 0.302 e. The molecule has 1 aromatic rings. The Kier molecular flexibility index (Phi) is 3.90. The highest BCUT2D eigenvalue weighted by molar-refractivity contribution is 7.86. The smallest absolute Gasteiger partial charge is 0.288 e. The zero-order valence-corrected chi connectivity index (χ0v) is 13.2. The van der Waals surface area contributed by atoms with Crippen molar-refractivity contribution < 1.29 is 17.1 Å². The van der Waals surface area contributed by atoms with Gasteiger partial charge in [-0.2, -0.15) is 8.42 Å². The van der Waals surface area contributed by atoms with Crippen molar-refractivity contribution in [3.05, 3.63) is 11.1 Å². The molecule has 0 aliphatic carbocycles. The zero-order valence-electron chi connectivity index (χ0n) is 11.6. The van der Waals surface area contributed by atoms with Crippen LogP contribution in [0.2, 0.25) is 0 Å². The normalized spacial score (nSPS) is 20.7. The van der Waals surface area contributed by atoms with Crippen molar-refractivity contribution in [3.8, 4) is 0 Å². The molecule has 0 N–H and O–H groups in total. The van der Waals surface area contributed by atoms with Crippen LogP contribution in [-0.2, 0) is 20.4 Å². The molecular weight excluding hydrogens is 303 g/mol. The van der Waals surface area contributed by atoms with Gasteiger partial charge in [0.2, 0.25) is 5.91 Å². The molecule has 0 spiro atoms. The first kappa shape index (κ1) is 15.4. The lowest BCUT2D eigenvalue weighted by Gasteiger charge is -2.16. The quantitative estimate of drug-likeness (QED) is 0.800. The van der Waals surface area contributed by atoms with Gasteiger partial charge in [0.05, 0.1) is 11.4 Å². The van der Waals surface area contributed by atoms with Gasteiger partial charge in [-0.15, -0.1) is 15.2 Å². The van der Waals surface area contributed by atoms with Gasteiger partial charge in [0, 0.05) is 29.7 Å². The molecule has 2 rings (SSSR count). The molecule has 1 aliphatic rings. The zero-order chi connectivity index (χ0) is 15.1. The van der Waals surface area contributed by atoms with Gasteiger partial charge < -0.3 is 0 Å². The van der Waals surface area contributed by atoms with E-state index in [0.29, 0.717) is 5.13 Å². The van der Waals surface area contributed by atoms with E-state index in [9.17, 15) is 17.1 Å². The Hall–Kier alpha value is -1.02. The maximum Gasteiger partial charge on any atom is 0.302 e. The molecule has 0 radical (unpaired) electrons. The number of hydrogen-bond donors (Lipinski definition) is 0. The average Bonchev–Trinajstić information content (AvgIpc) is 2.81. The molecule has 1 unspecified atom stereocenters. The Morgan fingerprint density at radius 3 is 2.65 bits per heavy atom. The Balaban J connectivity index is 2.14. The van der Waals surface area contributed by atoms with Gasteiger partial charge in [-0.05, 0) is 0 Å². The lowest BCUT2D eigenvalue weighted by molar-refractivity contribution is -0.117. The van der Waals surface area contributed by atoms with Crippen molar-refractivity contribution in [3.63, 3.8) is 0 Å². The summed E-state index contributed by atoms with van der Waals surface area (Å²) < 4.78 is 34.0. The van der Waals surface area contributed by atoms with E-state index in [0.717, 1.165) is 5.69 Å². The van der Waals surface area contributed by atoms with Crippen LogP contribution in [0, 0.1) is 5.92 Å². The third-order valence-corrected chi connectivity index (χ3v) is 4.86. The van der Waals surface area contributed by atoms with E-state index in [1.807, 2.05) is 26.2 Å². The first-order valence-corrected chi connectivity index (χ1v) is 8.68. The van der Waals surface area contributed by atoms with Crippen LogP contribution in [0.5, 0.6) is 0 Å². The maximum absolute atomic E-state index is 12.7. The molecule has 1 aliphatic heterocycles. The Labute approximate surface area is 122 Å². The van der Waals surface area contributed by atoms with Crippen molar-refractivity contribution in [1.29, 1.82) is 0 Å². The molecule has 1 fully saturated rings. The van der Waals surface area contributed by atoms with Crippen molar-refractivity contribution in [2.24, 2.45) is 5.92 Å². The fourth-order valence-corrected chi connectivity index (χ4v) is 3.96. The van der Waals surface area contributed by atoms with Crippen molar-refractivity contribution >= 4 is 32.6 Å². The third kappa shape index (κ3) is 3.54. The molecule has 5 nitrogen and oxygen atoms in total. The van der Waals surface area contributed by atoms with Crippen LogP contribution in [-0.4, -0.2) is 31.6 Å². The molecule has 1 atom stereocenters. The first-order chi connectivity index (χ1) is 9.06. The molecule has 2 heterocycles. The number of hydrogen-bond acceptors (Lipinski definition) is 5. The monoisotopic (exact) mass is 320 g/mol. The van der Waals surface area contributed by atoms with Gasteiger partial charge in [-0.3, -0.25) is 9.69 Å². The molecular formula is C12H17FN2O3S2. The van der Waals surface area contributed by atoms with Crippen LogP contribution >= 0.6 is 11.3 Å². The summed E-state index contributed by atoms with van der Waals surface area (Å²) in [6.45, 7) is 6.28. The highest BCUT2D eigenvalue weighted by Gasteiger charge is 2.35. The topological polar surface area (TPSA) is 67.3 Å². The summed E-state index contributed by atoms with van der Waals surface area (Å²) in [7, 11) is -4.55. The van der Waals surface area contributed by atoms with E-state index in [-0.39, 0.29) is 24.3 Å². The van der Waals surface area contributed by atoms with Crippen LogP contribution < -0.4 is 4.90 Å². The third-order valence-electron chi connectivity index (χ3n) is 3.13. The molecule has 0 saturated carbocycles. The predicted octanol–water partition coefficient (Wildman–Crippen LogP) is 2.09. The Morgan fingerprint density at radius 1 is 1.50 bits per heavy atom. The second kappa shape index (κ2) is 5.07. The van der Waals surface area contributed by atoms with E-state index < -0.39 is 21.9 Å². The molecule has 0 bridgehead atoms. The summed E-state index contributed by atoms with van der Waals surface area (Å²) in [6.07, 6.45) is 0.0492. The minimum atomic E-state index is -4.55. The van der Waals surface area contributed by atoms with Crippen molar-refractivity contribution in [1.82, 2.24) is 4.98 Å². The van der Waals surface area contributed by atoms with E-state index in [1.165, 1.54) is 16.2 Å². The summed E-state index contributed by atoms with van der Waals surface area (Å²) in [5.41, 5.74) is 0.769. The number of rotatable bonds is 3. The summed E-state index contributed by atoms with van der Waals surface area (Å²) in [5.74, 6) is -1.31. The minimum Gasteiger partial charge on any atom is -0.288 e. The molecule has 1 amide bonds. The fourth-order valence-electron chi connectivity index (χ4n) is 2.09. The molecule has 0 aromatic carbocycles. The van der Waals surface area contributed by atoms with E-state index in [1.54, 1.807) is 0 Å². The number of halogens is 1. The van der Waals surface area contributed by atoms with Crippen molar-refractivity contribution in [2.45, 2.75) is 32.6 Å². The Bertz CT molecular complexity index is 619. The van der Waals surface area contributed by atoms with Gasteiger partial charge in [0.15, 0.2) is 5.13 Å².